The van der Waals surface area contributed by atoms with E-state index in [0.717, 1.165) is 5.56 Å². The number of para-hydroxylation sites is 1. The molecule has 1 unspecified atom stereocenters. The third kappa shape index (κ3) is 3.88. The molecule has 0 saturated carbocycles. The molecule has 4 aromatic rings. The number of carbonyl (C=O) groups excluding carboxylic acids is 2. The van der Waals surface area contributed by atoms with Crippen LogP contribution in [0.4, 0.5) is 5.69 Å². The predicted molar refractivity (Wildman–Crippen MR) is 136 cm³/mol. The van der Waals surface area contributed by atoms with Crippen LogP contribution in [0.2, 0.25) is 0 Å². The minimum atomic E-state index is -0.886. The molecule has 3 aromatic carbocycles. The lowest BCUT2D eigenvalue weighted by Gasteiger charge is -2.27. The molecular formula is C29H25NO6. The van der Waals surface area contributed by atoms with Crippen LogP contribution in [0.5, 0.6) is 11.5 Å². The van der Waals surface area contributed by atoms with Gasteiger partial charge in [0.05, 0.1) is 25.3 Å². The van der Waals surface area contributed by atoms with E-state index in [1.54, 1.807) is 60.7 Å². The maximum Gasteiger partial charge on any atom is 0.294 e. The average Bonchev–Trinajstić information content (AvgIpc) is 3.44. The Kier molecular flexibility index (Phi) is 5.98. The Morgan fingerprint density at radius 2 is 1.81 bits per heavy atom. The third-order valence-electron chi connectivity index (χ3n) is 6.20. The van der Waals surface area contributed by atoms with Crippen molar-refractivity contribution in [2.24, 2.45) is 0 Å². The molecule has 1 amide bonds. The molecule has 1 atom stereocenters. The Morgan fingerprint density at radius 1 is 1.06 bits per heavy atom. The maximum absolute atomic E-state index is 13.8. The number of methoxy groups -OCH3 is 1. The van der Waals surface area contributed by atoms with E-state index in [0.29, 0.717) is 40.3 Å². The zero-order valence-electron chi connectivity index (χ0n) is 20.1. The lowest BCUT2D eigenvalue weighted by molar-refractivity contribution is -0.117. The van der Waals surface area contributed by atoms with Crippen LogP contribution >= 0.6 is 0 Å². The Balaban J connectivity index is 1.66. The van der Waals surface area contributed by atoms with Crippen LogP contribution in [0.1, 0.15) is 34.6 Å². The minimum absolute atomic E-state index is 0.000527. The van der Waals surface area contributed by atoms with Crippen molar-refractivity contribution in [3.8, 4) is 11.5 Å². The highest BCUT2D eigenvalue weighted by molar-refractivity contribution is 6.20. The summed E-state index contributed by atoms with van der Waals surface area (Å²) in [6.07, 6.45) is 0. The van der Waals surface area contributed by atoms with Crippen molar-refractivity contribution in [2.75, 3.05) is 18.6 Å². The average molecular weight is 484 g/mol. The molecule has 1 aromatic heterocycles. The minimum Gasteiger partial charge on any atom is -0.503 e. The second-order valence-electron chi connectivity index (χ2n) is 8.50. The first kappa shape index (κ1) is 23.2. The highest BCUT2D eigenvalue weighted by atomic mass is 16.5. The topological polar surface area (TPSA) is 89.2 Å². The number of anilines is 1. The number of rotatable bonds is 7. The largest absolute Gasteiger partial charge is 0.503 e. The number of aryl methyl sites for hydroxylation is 1. The van der Waals surface area contributed by atoms with Crippen LogP contribution in [-0.2, 0) is 4.79 Å². The first-order valence-corrected chi connectivity index (χ1v) is 11.6. The summed E-state index contributed by atoms with van der Waals surface area (Å²) < 4.78 is 16.9. The number of hydrogen-bond acceptors (Lipinski definition) is 6. The number of carbonyl (C=O) groups is 2. The number of hydrogen-bond donors (Lipinski definition) is 1. The SMILES string of the molecule is CCOc1cccc(C2C(C(=O)c3cc4cccc(OC)c4o3)=C(O)C(=O)N2c2ccc(C)cc2)c1. The van der Waals surface area contributed by atoms with E-state index in [1.165, 1.54) is 12.0 Å². The van der Waals surface area contributed by atoms with Gasteiger partial charge in [-0.15, -0.1) is 0 Å². The summed E-state index contributed by atoms with van der Waals surface area (Å²) >= 11 is 0. The molecule has 182 valence electrons. The second-order valence-corrected chi connectivity index (χ2v) is 8.50. The second kappa shape index (κ2) is 9.26. The van der Waals surface area contributed by atoms with Crippen LogP contribution in [-0.4, -0.2) is 30.5 Å². The summed E-state index contributed by atoms with van der Waals surface area (Å²) in [5.74, 6) is -0.781. The molecule has 0 spiro atoms. The highest BCUT2D eigenvalue weighted by Crippen LogP contribution is 2.43. The summed E-state index contributed by atoms with van der Waals surface area (Å²) in [6.45, 7) is 4.28. The number of benzene rings is 3. The number of aliphatic hydroxyl groups excluding tert-OH is 1. The first-order valence-electron chi connectivity index (χ1n) is 11.6. The van der Waals surface area contributed by atoms with Gasteiger partial charge in [-0.1, -0.05) is 42.0 Å². The van der Waals surface area contributed by atoms with E-state index in [4.69, 9.17) is 13.9 Å². The van der Waals surface area contributed by atoms with Crippen LogP contribution in [0.15, 0.2) is 88.5 Å². The van der Waals surface area contributed by atoms with Gasteiger partial charge in [-0.25, -0.2) is 0 Å². The van der Waals surface area contributed by atoms with Gasteiger partial charge in [0.15, 0.2) is 22.9 Å². The lowest BCUT2D eigenvalue weighted by atomic mass is 9.94. The van der Waals surface area contributed by atoms with E-state index in [1.807, 2.05) is 26.0 Å². The summed E-state index contributed by atoms with van der Waals surface area (Å²) in [6, 6.07) is 20.5. The predicted octanol–water partition coefficient (Wildman–Crippen LogP) is 5.93. The van der Waals surface area contributed by atoms with Gasteiger partial charge in [0.25, 0.3) is 5.91 Å². The van der Waals surface area contributed by atoms with E-state index >= 15 is 0 Å². The highest BCUT2D eigenvalue weighted by Gasteiger charge is 2.45. The van der Waals surface area contributed by atoms with Crippen LogP contribution in [0, 0.1) is 6.92 Å². The van der Waals surface area contributed by atoms with Crippen LogP contribution in [0.3, 0.4) is 0 Å². The van der Waals surface area contributed by atoms with Crippen molar-refractivity contribution in [1.82, 2.24) is 0 Å². The van der Waals surface area contributed by atoms with Crippen molar-refractivity contribution < 1.29 is 28.6 Å². The zero-order valence-corrected chi connectivity index (χ0v) is 20.1. The summed E-state index contributed by atoms with van der Waals surface area (Å²) in [5.41, 5.74) is 2.55. The van der Waals surface area contributed by atoms with Gasteiger partial charge < -0.3 is 19.0 Å². The number of aliphatic hydroxyl groups is 1. The normalized spacial score (nSPS) is 15.6. The maximum atomic E-state index is 13.8. The lowest BCUT2D eigenvalue weighted by Crippen LogP contribution is -2.31. The van der Waals surface area contributed by atoms with Gasteiger partial charge in [0.2, 0.25) is 5.78 Å². The van der Waals surface area contributed by atoms with Crippen LogP contribution < -0.4 is 14.4 Å². The number of furan rings is 1. The number of amides is 1. The summed E-state index contributed by atoms with van der Waals surface area (Å²) in [5, 5.41) is 11.7. The van der Waals surface area contributed by atoms with Gasteiger partial charge in [0.1, 0.15) is 5.75 Å². The number of ether oxygens (including phenoxy) is 2. The Labute approximate surface area is 208 Å². The van der Waals surface area contributed by atoms with Gasteiger partial charge >= 0.3 is 0 Å². The first-order chi connectivity index (χ1) is 17.4. The fourth-order valence-corrected chi connectivity index (χ4v) is 4.51. The number of nitrogens with zero attached hydrogens (tertiary/aromatic N) is 1. The molecular weight excluding hydrogens is 458 g/mol. The van der Waals surface area contributed by atoms with E-state index in [2.05, 4.69) is 0 Å². The van der Waals surface area contributed by atoms with Gasteiger partial charge in [-0.2, -0.15) is 0 Å². The zero-order chi connectivity index (χ0) is 25.4. The fourth-order valence-electron chi connectivity index (χ4n) is 4.51. The quantitative estimate of drug-likeness (QED) is 0.328. The molecule has 7 nitrogen and oxygen atoms in total. The van der Waals surface area contributed by atoms with E-state index in [9.17, 15) is 14.7 Å². The number of ketones is 1. The van der Waals surface area contributed by atoms with Crippen LogP contribution in [0.25, 0.3) is 11.0 Å². The summed E-state index contributed by atoms with van der Waals surface area (Å²) in [7, 11) is 1.52. The molecule has 2 heterocycles. The molecule has 36 heavy (non-hydrogen) atoms. The van der Waals surface area contributed by atoms with Crippen molar-refractivity contribution in [3.05, 3.63) is 101 Å². The van der Waals surface area contributed by atoms with Gasteiger partial charge in [-0.3, -0.25) is 14.5 Å². The smallest absolute Gasteiger partial charge is 0.294 e. The van der Waals surface area contributed by atoms with Gasteiger partial charge in [0, 0.05) is 11.1 Å². The standard InChI is InChI=1S/C29H25NO6/c1-4-35-21-9-5-7-18(15-21)25-24(27(32)29(33)30(25)20-13-11-17(2)12-14-20)26(31)23-16-19-8-6-10-22(34-3)28(19)36-23/h5-16,25,32H,4H2,1-3H3. The number of fused-ring (bicyclic) bond motifs is 1. The molecule has 0 aliphatic carbocycles. The van der Waals surface area contributed by atoms with Crippen molar-refractivity contribution in [1.29, 1.82) is 0 Å². The Bertz CT molecular complexity index is 1500. The fraction of sp³-hybridized carbons (Fsp3) is 0.172. The third-order valence-corrected chi connectivity index (χ3v) is 6.20. The monoisotopic (exact) mass is 483 g/mol. The van der Waals surface area contributed by atoms with E-state index < -0.39 is 23.5 Å². The molecule has 1 N–H and O–H groups in total. The molecule has 0 fully saturated rings. The molecule has 0 saturated heterocycles. The van der Waals surface area contributed by atoms with E-state index in [-0.39, 0.29) is 11.3 Å². The Morgan fingerprint density at radius 3 is 2.53 bits per heavy atom. The molecule has 0 radical (unpaired) electrons. The van der Waals surface area contributed by atoms with Crippen molar-refractivity contribution >= 4 is 28.3 Å². The Hall–Kier alpha value is -4.52. The molecule has 1 aliphatic heterocycles. The molecule has 0 bridgehead atoms. The van der Waals surface area contributed by atoms with Gasteiger partial charge in [-0.05, 0) is 55.8 Å². The van der Waals surface area contributed by atoms with Crippen molar-refractivity contribution in [3.63, 3.8) is 0 Å². The molecule has 7 heteroatoms. The van der Waals surface area contributed by atoms with Crippen molar-refractivity contribution in [2.45, 2.75) is 19.9 Å². The molecule has 1 aliphatic rings. The summed E-state index contributed by atoms with van der Waals surface area (Å²) in [4.78, 5) is 28.6. The molecule has 5 rings (SSSR count). The number of Topliss-reactive ketones (excluding diaryl/α,β-unsaturated/α-hetero) is 1.